The van der Waals surface area contributed by atoms with Crippen LogP contribution in [-0.4, -0.2) is 141 Å². The van der Waals surface area contributed by atoms with Crippen LogP contribution in [-0.2, 0) is 41.3 Å². The summed E-state index contributed by atoms with van der Waals surface area (Å²) in [4.78, 5) is 41.5. The van der Waals surface area contributed by atoms with Crippen molar-refractivity contribution in [3.63, 3.8) is 0 Å². The molecule has 1 aromatic heterocycles. The van der Waals surface area contributed by atoms with E-state index < -0.39 is 54.8 Å². The number of ether oxygens (including phenoxy) is 6. The van der Waals surface area contributed by atoms with Gasteiger partial charge in [0.1, 0.15) is 18.1 Å². The van der Waals surface area contributed by atoms with E-state index in [0.29, 0.717) is 49.5 Å². The van der Waals surface area contributed by atoms with Gasteiger partial charge >= 0.3 is 29.8 Å². The smallest absolute Gasteiger partial charge is 0.435 e. The maximum absolute atomic E-state index is 13.2. The maximum Gasteiger partial charge on any atom is 0.435 e. The van der Waals surface area contributed by atoms with Gasteiger partial charge in [-0.1, -0.05) is 47.4 Å². The molecule has 4 aliphatic rings. The SMILES string of the molecule is COCC1OC(n2cc(CCC(=O)NCCCCCCSSCCCOc3ccc4c(c3)CCC3C4CCC4(C)C(OCCN(C)CCOC(C(F)(F)F)(C(F)(F)F)C(F)(F)F)CCC34)c(=O)[nH]c2=O)CC1OC(C)C. The second kappa shape index (κ2) is 27.4. The van der Waals surface area contributed by atoms with Gasteiger partial charge in [0, 0.05) is 62.9 Å². The van der Waals surface area contributed by atoms with Crippen LogP contribution in [0.5, 0.6) is 5.75 Å². The number of nitrogens with one attached hydrogen (secondary N) is 2. The van der Waals surface area contributed by atoms with Crippen LogP contribution in [0, 0.1) is 17.3 Å². The fourth-order valence-corrected chi connectivity index (χ4v) is 13.9. The lowest BCUT2D eigenvalue weighted by atomic mass is 9.55. The Balaban J connectivity index is 0.801. The van der Waals surface area contributed by atoms with Gasteiger partial charge in [-0.2, -0.15) is 39.5 Å². The molecule has 2 aromatic rings. The van der Waals surface area contributed by atoms with Crippen molar-refractivity contribution in [3.8, 4) is 5.75 Å². The summed E-state index contributed by atoms with van der Waals surface area (Å²) in [5.41, 5.74) is -4.47. The minimum Gasteiger partial charge on any atom is -0.494 e. The van der Waals surface area contributed by atoms with Gasteiger partial charge in [0.05, 0.1) is 44.7 Å². The zero-order valence-corrected chi connectivity index (χ0v) is 45.6. The van der Waals surface area contributed by atoms with Crippen LogP contribution in [0.25, 0.3) is 0 Å². The molecule has 3 aliphatic carbocycles. The molecule has 1 aliphatic heterocycles. The molecule has 8 unspecified atom stereocenters. The van der Waals surface area contributed by atoms with Gasteiger partial charge in [-0.15, -0.1) is 0 Å². The van der Waals surface area contributed by atoms with Crippen molar-refractivity contribution in [2.24, 2.45) is 17.3 Å². The van der Waals surface area contributed by atoms with Crippen molar-refractivity contribution in [1.82, 2.24) is 19.8 Å². The second-order valence-corrected chi connectivity index (χ2v) is 23.8. The van der Waals surface area contributed by atoms with Gasteiger partial charge in [-0.3, -0.25) is 19.1 Å². The summed E-state index contributed by atoms with van der Waals surface area (Å²) >= 11 is 0. The molecular weight excluding hydrogens is 1060 g/mol. The van der Waals surface area contributed by atoms with Crippen molar-refractivity contribution < 1.29 is 72.7 Å². The van der Waals surface area contributed by atoms with Gasteiger partial charge in [0.25, 0.3) is 5.56 Å². The van der Waals surface area contributed by atoms with E-state index in [-0.39, 0.29) is 61.7 Å². The molecule has 0 radical (unpaired) electrons. The zero-order chi connectivity index (χ0) is 55.5. The highest BCUT2D eigenvalue weighted by Crippen LogP contribution is 2.62. The van der Waals surface area contributed by atoms with Crippen molar-refractivity contribution in [3.05, 3.63) is 61.9 Å². The number of methoxy groups -OCH3 is 1. The minimum absolute atomic E-state index is 0.0394. The van der Waals surface area contributed by atoms with Crippen LogP contribution in [0.1, 0.15) is 127 Å². The second-order valence-electron chi connectivity index (χ2n) is 21.1. The number of fused-ring (bicyclic) bond motifs is 5. The van der Waals surface area contributed by atoms with Crippen LogP contribution in [0.3, 0.4) is 0 Å². The summed E-state index contributed by atoms with van der Waals surface area (Å²) < 4.78 is 154. The number of amides is 1. The highest BCUT2D eigenvalue weighted by Gasteiger charge is 2.85. The molecule has 1 amide bonds. The molecule has 1 saturated heterocycles. The number of hydrogen-bond donors (Lipinski definition) is 2. The Labute approximate surface area is 446 Å². The zero-order valence-electron chi connectivity index (χ0n) is 44.0. The molecule has 3 fully saturated rings. The average Bonchev–Trinajstić information content (AvgIpc) is 3.89. The van der Waals surface area contributed by atoms with Crippen molar-refractivity contribution >= 4 is 27.5 Å². The molecular formula is C52H75F9N4O9S2. The molecule has 1 aromatic carbocycles. The monoisotopic (exact) mass is 1130 g/mol. The first-order valence-corrected chi connectivity index (χ1v) is 28.9. The molecule has 0 spiro atoms. The Bertz CT molecular complexity index is 2250. The third kappa shape index (κ3) is 15.5. The largest absolute Gasteiger partial charge is 0.494 e. The number of rotatable bonds is 29. The summed E-state index contributed by atoms with van der Waals surface area (Å²) in [6, 6.07) is 6.46. The van der Waals surface area contributed by atoms with Crippen LogP contribution in [0.4, 0.5) is 39.5 Å². The molecule has 13 nitrogen and oxygen atoms in total. The first-order valence-electron chi connectivity index (χ1n) is 26.4. The predicted octanol–water partition coefficient (Wildman–Crippen LogP) is 10.3. The van der Waals surface area contributed by atoms with Crippen LogP contribution in [0.2, 0.25) is 0 Å². The summed E-state index contributed by atoms with van der Waals surface area (Å²) in [7, 11) is 6.64. The van der Waals surface area contributed by atoms with E-state index in [4.69, 9.17) is 23.7 Å². The number of likely N-dealkylation sites (N-methyl/N-ethyl adjacent to an activating group) is 1. The van der Waals surface area contributed by atoms with E-state index >= 15 is 0 Å². The first-order chi connectivity index (χ1) is 35.9. The number of aryl methyl sites for hydroxylation is 2. The van der Waals surface area contributed by atoms with Crippen LogP contribution in [0.15, 0.2) is 34.0 Å². The van der Waals surface area contributed by atoms with E-state index in [2.05, 4.69) is 40.2 Å². The molecule has 2 heterocycles. The molecule has 24 heteroatoms. The Morgan fingerprint density at radius 3 is 2.32 bits per heavy atom. The highest BCUT2D eigenvalue weighted by atomic mass is 33.1. The number of hydrogen-bond acceptors (Lipinski definition) is 12. The Hall–Kier alpha value is -3.00. The molecule has 2 saturated carbocycles. The molecule has 8 atom stereocenters. The normalized spacial score (nSPS) is 25.0. The van der Waals surface area contributed by atoms with Crippen molar-refractivity contribution in [1.29, 1.82) is 0 Å². The number of unbranched alkanes of at least 4 members (excludes halogenated alkanes) is 3. The van der Waals surface area contributed by atoms with Gasteiger partial charge in [0.15, 0.2) is 0 Å². The number of H-pyrrole nitrogens is 1. The third-order valence-electron chi connectivity index (χ3n) is 15.5. The van der Waals surface area contributed by atoms with Gasteiger partial charge in [0.2, 0.25) is 5.91 Å². The van der Waals surface area contributed by atoms with Gasteiger partial charge in [-0.25, -0.2) is 4.79 Å². The molecule has 432 valence electrons. The van der Waals surface area contributed by atoms with Crippen molar-refractivity contribution in [2.45, 2.75) is 171 Å². The van der Waals surface area contributed by atoms with Gasteiger partial charge in [-0.05, 0) is 132 Å². The molecule has 76 heavy (non-hydrogen) atoms. The van der Waals surface area contributed by atoms with Crippen LogP contribution >= 0.6 is 21.6 Å². The molecule has 0 bridgehead atoms. The van der Waals surface area contributed by atoms with E-state index in [1.807, 2.05) is 35.4 Å². The fraction of sp³-hybridized carbons (Fsp3) is 0.788. The number of carbonyl (C=O) groups excluding carboxylic acids is 1. The average molecular weight is 1140 g/mol. The number of nitrogens with zero attached hydrogens (tertiary/aromatic N) is 2. The highest BCUT2D eigenvalue weighted by molar-refractivity contribution is 8.76. The van der Waals surface area contributed by atoms with Gasteiger partial charge < -0.3 is 38.6 Å². The molecule has 2 N–H and O–H groups in total. The van der Waals surface area contributed by atoms with E-state index in [0.717, 1.165) is 87.9 Å². The lowest BCUT2D eigenvalue weighted by Gasteiger charge is -2.50. The predicted molar refractivity (Wildman–Crippen MR) is 272 cm³/mol. The number of alkyl halides is 9. The third-order valence-corrected chi connectivity index (χ3v) is 18.1. The van der Waals surface area contributed by atoms with E-state index in [1.54, 1.807) is 7.11 Å². The summed E-state index contributed by atoms with van der Waals surface area (Å²) in [6.07, 6.45) is -8.93. The number of halogens is 9. The summed E-state index contributed by atoms with van der Waals surface area (Å²) in [5.74, 6) is 4.01. The summed E-state index contributed by atoms with van der Waals surface area (Å²) in [5, 5.41) is 2.94. The number of benzene rings is 1. The van der Waals surface area contributed by atoms with E-state index in [1.165, 1.54) is 33.8 Å². The Morgan fingerprint density at radius 2 is 1.62 bits per heavy atom. The lowest BCUT2D eigenvalue weighted by Crippen LogP contribution is -2.68. The Kier molecular flexibility index (Phi) is 22.5. The molecule has 6 rings (SSSR count). The maximum atomic E-state index is 13.2. The number of aromatic amines is 1. The Morgan fingerprint density at radius 1 is 0.921 bits per heavy atom. The lowest BCUT2D eigenvalue weighted by molar-refractivity contribution is -0.457. The van der Waals surface area contributed by atoms with Crippen LogP contribution < -0.4 is 21.3 Å². The standard InChI is InChI=1S/C52H75F9N4O9S2/c1-33(2)73-41-30-45(74-42(41)32-69-5)65-31-35(46(67)63-47(65)68)12-18-44(66)62-21-8-6-7-9-27-75-76-28-10-24-70-36-13-15-37-34(29-36)11-14-39-38(37)19-20-48(3)40(39)16-17-43(48)71-25-22-64(4)23-26-72-49(50(53,54)55,51(56,57)58)52(59,60)61/h13,15,29,31,33,38-43,45H,6-12,14,16-28,30,32H2,1-5H3,(H,62,66)(H,63,67,68). The van der Waals surface area contributed by atoms with E-state index in [9.17, 15) is 53.9 Å². The quantitative estimate of drug-likeness (QED) is 0.0455. The minimum atomic E-state index is -6.76. The topological polar surface area (TPSA) is 143 Å². The first kappa shape index (κ1) is 62.2. The summed E-state index contributed by atoms with van der Waals surface area (Å²) in [6.45, 7) is 5.70. The number of aromatic nitrogens is 2. The fourth-order valence-electron chi connectivity index (χ4n) is 11.6. The van der Waals surface area contributed by atoms with Crippen molar-refractivity contribution in [2.75, 3.05) is 71.7 Å². The number of carbonyl (C=O) groups is 1.